The average Bonchev–Trinajstić information content (AvgIpc) is 2.81. The van der Waals surface area contributed by atoms with E-state index in [0.29, 0.717) is 10.7 Å². The van der Waals surface area contributed by atoms with Crippen LogP contribution in [0.15, 0.2) is 6.08 Å². The van der Waals surface area contributed by atoms with Crippen LogP contribution in [0.1, 0.15) is 44.9 Å². The Hall–Kier alpha value is -1.82. The van der Waals surface area contributed by atoms with Crippen molar-refractivity contribution in [2.24, 2.45) is 5.92 Å². The summed E-state index contributed by atoms with van der Waals surface area (Å²) < 4.78 is 6.44. The van der Waals surface area contributed by atoms with Crippen molar-refractivity contribution in [3.8, 4) is 0 Å². The quantitative estimate of drug-likeness (QED) is 0.574. The molecule has 1 amide bonds. The second-order valence-electron chi connectivity index (χ2n) is 5.95. The van der Waals surface area contributed by atoms with Crippen LogP contribution in [0.4, 0.5) is 0 Å². The Bertz CT molecular complexity index is 608. The van der Waals surface area contributed by atoms with E-state index in [9.17, 15) is 9.59 Å². The summed E-state index contributed by atoms with van der Waals surface area (Å²) in [6.45, 7) is 8.36. The van der Waals surface area contributed by atoms with Crippen LogP contribution in [0, 0.1) is 12.8 Å². The zero-order chi connectivity index (χ0) is 18.3. The number of aromatic nitrogens is 2. The van der Waals surface area contributed by atoms with Gasteiger partial charge >= 0.3 is 5.97 Å². The first-order valence-corrected chi connectivity index (χ1v) is 8.48. The number of halogens is 1. The minimum absolute atomic E-state index is 0.0723. The maximum Gasteiger partial charge on any atom is 0.328 e. The topological polar surface area (TPSA) is 73.2 Å². The van der Waals surface area contributed by atoms with E-state index < -0.39 is 12.0 Å². The van der Waals surface area contributed by atoms with Crippen molar-refractivity contribution in [3.63, 3.8) is 0 Å². The van der Waals surface area contributed by atoms with E-state index in [1.54, 1.807) is 10.8 Å². The molecule has 1 N–H and O–H groups in total. The van der Waals surface area contributed by atoms with Gasteiger partial charge in [0.25, 0.3) is 0 Å². The van der Waals surface area contributed by atoms with E-state index in [4.69, 9.17) is 16.3 Å². The summed E-state index contributed by atoms with van der Waals surface area (Å²) in [7, 11) is 1.30. The van der Waals surface area contributed by atoms with Crippen LogP contribution in [0.2, 0.25) is 5.15 Å². The Morgan fingerprint density at radius 3 is 2.62 bits per heavy atom. The molecule has 7 heteroatoms. The van der Waals surface area contributed by atoms with Gasteiger partial charge in [0.15, 0.2) is 0 Å². The third-order valence-corrected chi connectivity index (χ3v) is 4.05. The number of rotatable bonds is 8. The minimum atomic E-state index is -0.684. The number of unbranched alkanes of at least 4 members (excludes halogenated alkanes) is 1. The molecular formula is C17H26ClN3O3. The summed E-state index contributed by atoms with van der Waals surface area (Å²) in [5, 5.41) is 7.54. The minimum Gasteiger partial charge on any atom is -0.467 e. The molecule has 1 aromatic heterocycles. The van der Waals surface area contributed by atoms with Crippen LogP contribution in [-0.2, 0) is 20.9 Å². The lowest BCUT2D eigenvalue weighted by molar-refractivity contribution is -0.145. The largest absolute Gasteiger partial charge is 0.467 e. The smallest absolute Gasteiger partial charge is 0.328 e. The molecule has 0 spiro atoms. The van der Waals surface area contributed by atoms with Crippen LogP contribution in [0.5, 0.6) is 0 Å². The standard InChI is InChI=1S/C17H26ClN3O3/c1-6-7-10-21-16(18)13(12(4)20-21)8-9-14(22)19-15(11(2)3)17(23)24-5/h8-9,11,15H,6-7,10H2,1-5H3,(H,19,22)/b9-8+/t15-/m0/s1. The molecule has 0 aromatic carbocycles. The first kappa shape index (κ1) is 20.2. The summed E-state index contributed by atoms with van der Waals surface area (Å²) in [4.78, 5) is 23.8. The molecule has 0 aliphatic carbocycles. The highest BCUT2D eigenvalue weighted by Crippen LogP contribution is 2.21. The first-order valence-electron chi connectivity index (χ1n) is 8.11. The van der Waals surface area contributed by atoms with Crippen molar-refractivity contribution in [3.05, 3.63) is 22.5 Å². The van der Waals surface area contributed by atoms with E-state index in [0.717, 1.165) is 25.1 Å². The molecule has 24 heavy (non-hydrogen) atoms. The van der Waals surface area contributed by atoms with Gasteiger partial charge in [-0.05, 0) is 25.3 Å². The van der Waals surface area contributed by atoms with Crippen molar-refractivity contribution in [2.75, 3.05) is 7.11 Å². The number of aryl methyl sites for hydroxylation is 2. The molecule has 134 valence electrons. The number of carbonyl (C=O) groups excluding carboxylic acids is 2. The van der Waals surface area contributed by atoms with E-state index in [1.165, 1.54) is 13.2 Å². The van der Waals surface area contributed by atoms with Crippen LogP contribution >= 0.6 is 11.6 Å². The lowest BCUT2D eigenvalue weighted by atomic mass is 10.0. The van der Waals surface area contributed by atoms with Gasteiger partial charge in [-0.1, -0.05) is 38.8 Å². The summed E-state index contributed by atoms with van der Waals surface area (Å²) in [5.74, 6) is -0.916. The summed E-state index contributed by atoms with van der Waals surface area (Å²) >= 11 is 6.32. The number of nitrogens with one attached hydrogen (secondary N) is 1. The van der Waals surface area contributed by atoms with Gasteiger partial charge < -0.3 is 10.1 Å². The number of nitrogens with zero attached hydrogens (tertiary/aromatic N) is 2. The lowest BCUT2D eigenvalue weighted by Gasteiger charge is -2.18. The predicted molar refractivity (Wildman–Crippen MR) is 94.7 cm³/mol. The molecule has 6 nitrogen and oxygen atoms in total. The molecule has 0 saturated heterocycles. The van der Waals surface area contributed by atoms with Crippen molar-refractivity contribution in [1.29, 1.82) is 0 Å². The van der Waals surface area contributed by atoms with E-state index in [2.05, 4.69) is 17.3 Å². The summed E-state index contributed by atoms with van der Waals surface area (Å²) in [5.41, 5.74) is 1.47. The maximum absolute atomic E-state index is 12.1. The second-order valence-corrected chi connectivity index (χ2v) is 6.31. The Morgan fingerprint density at radius 1 is 1.42 bits per heavy atom. The SMILES string of the molecule is CCCCn1nc(C)c(/C=C/C(=O)N[C@H](C(=O)OC)C(C)C)c1Cl. The molecule has 0 radical (unpaired) electrons. The van der Waals surface area contributed by atoms with Crippen LogP contribution < -0.4 is 5.32 Å². The Kier molecular flexibility index (Phi) is 7.98. The molecule has 0 saturated carbocycles. The van der Waals surface area contributed by atoms with Gasteiger partial charge in [0.1, 0.15) is 11.2 Å². The highest BCUT2D eigenvalue weighted by molar-refractivity contribution is 6.31. The molecular weight excluding hydrogens is 330 g/mol. The third-order valence-electron chi connectivity index (χ3n) is 3.65. The van der Waals surface area contributed by atoms with Gasteiger partial charge in [-0.15, -0.1) is 0 Å². The van der Waals surface area contributed by atoms with Gasteiger partial charge in [0, 0.05) is 18.2 Å². The number of esters is 1. The number of ether oxygens (including phenoxy) is 1. The van der Waals surface area contributed by atoms with E-state index >= 15 is 0 Å². The van der Waals surface area contributed by atoms with Crippen molar-refractivity contribution < 1.29 is 14.3 Å². The molecule has 1 atom stereocenters. The van der Waals surface area contributed by atoms with Gasteiger partial charge in [0.05, 0.1) is 12.8 Å². The van der Waals surface area contributed by atoms with Gasteiger partial charge in [-0.3, -0.25) is 9.48 Å². The van der Waals surface area contributed by atoms with Crippen LogP contribution in [-0.4, -0.2) is 34.8 Å². The fraction of sp³-hybridized carbons (Fsp3) is 0.588. The van der Waals surface area contributed by atoms with E-state index in [1.807, 2.05) is 20.8 Å². The number of hydrogen-bond donors (Lipinski definition) is 1. The Morgan fingerprint density at radius 2 is 2.08 bits per heavy atom. The van der Waals surface area contributed by atoms with Crippen LogP contribution in [0.25, 0.3) is 6.08 Å². The molecule has 0 aliphatic heterocycles. The fourth-order valence-corrected chi connectivity index (χ4v) is 2.52. The molecule has 1 aromatic rings. The second kappa shape index (κ2) is 9.47. The normalized spacial score (nSPS) is 12.6. The zero-order valence-corrected chi connectivity index (χ0v) is 15.7. The maximum atomic E-state index is 12.1. The summed E-state index contributed by atoms with van der Waals surface area (Å²) in [6, 6.07) is -0.684. The number of methoxy groups -OCH3 is 1. The predicted octanol–water partition coefficient (Wildman–Crippen LogP) is 2.97. The molecule has 0 bridgehead atoms. The fourth-order valence-electron chi connectivity index (χ4n) is 2.20. The average molecular weight is 356 g/mol. The van der Waals surface area contributed by atoms with Gasteiger partial charge in [-0.25, -0.2) is 4.79 Å². The highest BCUT2D eigenvalue weighted by Gasteiger charge is 2.24. The molecule has 0 unspecified atom stereocenters. The first-order chi connectivity index (χ1) is 11.3. The Balaban J connectivity index is 2.83. The molecule has 0 aliphatic rings. The van der Waals surface area contributed by atoms with Crippen molar-refractivity contribution in [2.45, 2.75) is 53.1 Å². The third kappa shape index (κ3) is 5.37. The van der Waals surface area contributed by atoms with Gasteiger partial charge in [-0.2, -0.15) is 5.10 Å². The lowest BCUT2D eigenvalue weighted by Crippen LogP contribution is -2.44. The number of carbonyl (C=O) groups is 2. The highest BCUT2D eigenvalue weighted by atomic mass is 35.5. The van der Waals surface area contributed by atoms with Crippen molar-refractivity contribution in [1.82, 2.24) is 15.1 Å². The summed E-state index contributed by atoms with van der Waals surface area (Å²) in [6.07, 6.45) is 5.02. The van der Waals surface area contributed by atoms with Gasteiger partial charge in [0.2, 0.25) is 5.91 Å². The number of amides is 1. The van der Waals surface area contributed by atoms with Crippen molar-refractivity contribution >= 4 is 29.6 Å². The van der Waals surface area contributed by atoms with Crippen LogP contribution in [0.3, 0.4) is 0 Å². The molecule has 1 rings (SSSR count). The molecule has 0 fully saturated rings. The zero-order valence-electron chi connectivity index (χ0n) is 14.9. The van der Waals surface area contributed by atoms with E-state index in [-0.39, 0.29) is 11.8 Å². The number of hydrogen-bond acceptors (Lipinski definition) is 4. The monoisotopic (exact) mass is 355 g/mol. The molecule has 1 heterocycles. The Labute approximate surface area is 148 Å².